The Morgan fingerprint density at radius 1 is 1.26 bits per heavy atom. The van der Waals surface area contributed by atoms with Crippen LogP contribution in [0, 0.1) is 11.8 Å². The van der Waals surface area contributed by atoms with Gasteiger partial charge in [0.1, 0.15) is 6.04 Å². The predicted octanol–water partition coefficient (Wildman–Crippen LogP) is 0.653. The first-order valence-electron chi connectivity index (χ1n) is 7.24. The summed E-state index contributed by atoms with van der Waals surface area (Å²) in [5.41, 5.74) is 0. The van der Waals surface area contributed by atoms with Gasteiger partial charge in [0.15, 0.2) is 0 Å². The third-order valence-corrected chi connectivity index (χ3v) is 3.54. The van der Waals surface area contributed by atoms with E-state index in [9.17, 15) is 9.59 Å². The van der Waals surface area contributed by atoms with Crippen LogP contribution in [0.1, 0.15) is 39.5 Å². The highest BCUT2D eigenvalue weighted by Crippen LogP contribution is 2.16. The summed E-state index contributed by atoms with van der Waals surface area (Å²) in [6, 6.07) is -0.404. The fourth-order valence-corrected chi connectivity index (χ4v) is 2.48. The molecule has 0 aromatic rings. The lowest BCUT2D eigenvalue weighted by Crippen LogP contribution is -2.47. The molecule has 0 spiro atoms. The molecule has 3 N–H and O–H groups in total. The number of nitrogens with one attached hydrogen (secondary N) is 3. The molecule has 2 amide bonds. The molecule has 5 heteroatoms. The predicted molar refractivity (Wildman–Crippen MR) is 75.7 cm³/mol. The van der Waals surface area contributed by atoms with Crippen molar-refractivity contribution >= 4 is 11.8 Å². The van der Waals surface area contributed by atoms with Gasteiger partial charge in [-0.15, -0.1) is 0 Å². The molecule has 1 fully saturated rings. The molecule has 1 heterocycles. The second-order valence-electron chi connectivity index (χ2n) is 5.76. The molecule has 0 saturated carbocycles. The molecule has 1 rings (SSSR count). The maximum Gasteiger partial charge on any atom is 0.242 e. The van der Waals surface area contributed by atoms with Crippen LogP contribution in [0.3, 0.4) is 0 Å². The topological polar surface area (TPSA) is 70.2 Å². The quantitative estimate of drug-likeness (QED) is 0.663. The molecule has 1 atom stereocenters. The fourth-order valence-electron chi connectivity index (χ4n) is 2.48. The van der Waals surface area contributed by atoms with Crippen LogP contribution < -0.4 is 16.0 Å². The number of carbonyl (C=O) groups is 2. The molecule has 1 unspecified atom stereocenters. The van der Waals surface area contributed by atoms with Gasteiger partial charge in [-0.05, 0) is 44.2 Å². The third-order valence-electron chi connectivity index (χ3n) is 3.54. The average molecular weight is 269 g/mol. The largest absolute Gasteiger partial charge is 0.357 e. The van der Waals surface area contributed by atoms with E-state index in [-0.39, 0.29) is 11.8 Å². The summed E-state index contributed by atoms with van der Waals surface area (Å²) in [6.45, 7) is 6.08. The Kier molecular flexibility index (Phi) is 6.84. The van der Waals surface area contributed by atoms with Crippen molar-refractivity contribution in [2.75, 3.05) is 20.1 Å². The third kappa shape index (κ3) is 6.05. The van der Waals surface area contributed by atoms with Crippen LogP contribution in [-0.4, -0.2) is 38.0 Å². The van der Waals surface area contributed by atoms with E-state index in [0.29, 0.717) is 24.7 Å². The SMILES string of the molecule is CNC(=O)C(CC(C)C)NC(=O)CC1CCNCC1. The zero-order valence-corrected chi connectivity index (χ0v) is 12.3. The van der Waals surface area contributed by atoms with Gasteiger partial charge in [-0.25, -0.2) is 0 Å². The van der Waals surface area contributed by atoms with Gasteiger partial charge >= 0.3 is 0 Å². The summed E-state index contributed by atoms with van der Waals surface area (Å²) in [5, 5.41) is 8.78. The molecule has 5 nitrogen and oxygen atoms in total. The molecule has 0 bridgehead atoms. The lowest BCUT2D eigenvalue weighted by atomic mass is 9.94. The smallest absolute Gasteiger partial charge is 0.242 e. The van der Waals surface area contributed by atoms with E-state index in [1.54, 1.807) is 7.05 Å². The van der Waals surface area contributed by atoms with E-state index in [2.05, 4.69) is 29.8 Å². The molecule has 0 radical (unpaired) electrons. The van der Waals surface area contributed by atoms with Gasteiger partial charge in [0, 0.05) is 13.5 Å². The molecule has 19 heavy (non-hydrogen) atoms. The van der Waals surface area contributed by atoms with Gasteiger partial charge in [0.05, 0.1) is 0 Å². The summed E-state index contributed by atoms with van der Waals surface area (Å²) in [4.78, 5) is 23.8. The number of hydrogen-bond donors (Lipinski definition) is 3. The number of piperidine rings is 1. The Labute approximate surface area is 115 Å². The van der Waals surface area contributed by atoms with Crippen molar-refractivity contribution < 1.29 is 9.59 Å². The summed E-state index contributed by atoms with van der Waals surface area (Å²) in [5.74, 6) is 0.723. The summed E-state index contributed by atoms with van der Waals surface area (Å²) in [7, 11) is 1.61. The first kappa shape index (κ1) is 16.0. The summed E-state index contributed by atoms with van der Waals surface area (Å²) in [6.07, 6.45) is 3.30. The number of rotatable bonds is 6. The normalized spacial score (nSPS) is 18.1. The number of carbonyl (C=O) groups excluding carboxylic acids is 2. The molecule has 0 aromatic carbocycles. The van der Waals surface area contributed by atoms with E-state index in [4.69, 9.17) is 0 Å². The zero-order valence-electron chi connectivity index (χ0n) is 12.3. The molecule has 110 valence electrons. The molecular weight excluding hydrogens is 242 g/mol. The molecule has 1 saturated heterocycles. The minimum Gasteiger partial charge on any atom is -0.357 e. The van der Waals surface area contributed by atoms with Crippen LogP contribution in [-0.2, 0) is 9.59 Å². The molecule has 1 aliphatic heterocycles. The average Bonchev–Trinajstić information content (AvgIpc) is 2.37. The highest BCUT2D eigenvalue weighted by molar-refractivity contribution is 5.87. The van der Waals surface area contributed by atoms with Crippen LogP contribution in [0.15, 0.2) is 0 Å². The highest BCUT2D eigenvalue weighted by Gasteiger charge is 2.23. The Morgan fingerprint density at radius 2 is 1.89 bits per heavy atom. The van der Waals surface area contributed by atoms with Crippen LogP contribution >= 0.6 is 0 Å². The van der Waals surface area contributed by atoms with Crippen LogP contribution in [0.4, 0.5) is 0 Å². The van der Waals surface area contributed by atoms with Gasteiger partial charge in [0.2, 0.25) is 11.8 Å². The Balaban J connectivity index is 2.43. The maximum atomic E-state index is 12.0. The number of hydrogen-bond acceptors (Lipinski definition) is 3. The van der Waals surface area contributed by atoms with Crippen LogP contribution in [0.5, 0.6) is 0 Å². The van der Waals surface area contributed by atoms with Crippen molar-refractivity contribution in [1.82, 2.24) is 16.0 Å². The Hall–Kier alpha value is -1.10. The van der Waals surface area contributed by atoms with Gasteiger partial charge in [-0.3, -0.25) is 9.59 Å². The van der Waals surface area contributed by atoms with Gasteiger partial charge in [-0.2, -0.15) is 0 Å². The highest BCUT2D eigenvalue weighted by atomic mass is 16.2. The van der Waals surface area contributed by atoms with E-state index in [1.165, 1.54) is 0 Å². The first-order valence-corrected chi connectivity index (χ1v) is 7.24. The number of amides is 2. The Morgan fingerprint density at radius 3 is 2.42 bits per heavy atom. The van der Waals surface area contributed by atoms with Crippen LogP contribution in [0.25, 0.3) is 0 Å². The van der Waals surface area contributed by atoms with E-state index in [0.717, 1.165) is 25.9 Å². The minimum atomic E-state index is -0.404. The lowest BCUT2D eigenvalue weighted by Gasteiger charge is -2.24. The zero-order chi connectivity index (χ0) is 14.3. The second kappa shape index (κ2) is 8.15. The fraction of sp³-hybridized carbons (Fsp3) is 0.857. The van der Waals surface area contributed by atoms with Gasteiger partial charge in [-0.1, -0.05) is 13.8 Å². The van der Waals surface area contributed by atoms with Crippen molar-refractivity contribution in [2.45, 2.75) is 45.6 Å². The first-order chi connectivity index (χ1) is 9.02. The standard InChI is InChI=1S/C14H27N3O2/c1-10(2)8-12(14(19)15-3)17-13(18)9-11-4-6-16-7-5-11/h10-12,16H,4-9H2,1-3H3,(H,15,19)(H,17,18). The second-order valence-corrected chi connectivity index (χ2v) is 5.76. The van der Waals surface area contributed by atoms with Crippen LogP contribution in [0.2, 0.25) is 0 Å². The number of likely N-dealkylation sites (N-methyl/N-ethyl adjacent to an activating group) is 1. The van der Waals surface area contributed by atoms with E-state index >= 15 is 0 Å². The molecular formula is C14H27N3O2. The minimum absolute atomic E-state index is 0.00106. The molecule has 1 aliphatic rings. The lowest BCUT2D eigenvalue weighted by molar-refractivity contribution is -0.129. The monoisotopic (exact) mass is 269 g/mol. The summed E-state index contributed by atoms with van der Waals surface area (Å²) >= 11 is 0. The van der Waals surface area contributed by atoms with Gasteiger partial charge < -0.3 is 16.0 Å². The summed E-state index contributed by atoms with van der Waals surface area (Å²) < 4.78 is 0. The van der Waals surface area contributed by atoms with Crippen molar-refractivity contribution in [2.24, 2.45) is 11.8 Å². The van der Waals surface area contributed by atoms with Crippen molar-refractivity contribution in [3.63, 3.8) is 0 Å². The molecule has 0 aliphatic carbocycles. The van der Waals surface area contributed by atoms with Crippen molar-refractivity contribution in [1.29, 1.82) is 0 Å². The van der Waals surface area contributed by atoms with Crippen molar-refractivity contribution in [3.8, 4) is 0 Å². The maximum absolute atomic E-state index is 12.0. The Bertz CT molecular complexity index is 299. The molecule has 0 aromatic heterocycles. The van der Waals surface area contributed by atoms with Crippen molar-refractivity contribution in [3.05, 3.63) is 0 Å². The van der Waals surface area contributed by atoms with Gasteiger partial charge in [0.25, 0.3) is 0 Å². The van der Waals surface area contributed by atoms with E-state index < -0.39 is 6.04 Å². The van der Waals surface area contributed by atoms with E-state index in [1.807, 2.05) is 0 Å².